The van der Waals surface area contributed by atoms with Crippen LogP contribution in [-0.4, -0.2) is 22.5 Å². The van der Waals surface area contributed by atoms with Crippen LogP contribution in [0, 0.1) is 26.6 Å². The molecule has 0 aliphatic heterocycles. The maximum absolute atomic E-state index is 13.4. The van der Waals surface area contributed by atoms with Crippen molar-refractivity contribution in [2.75, 3.05) is 11.9 Å². The molecule has 3 rings (SSSR count). The minimum Gasteiger partial charge on any atom is -0.493 e. The number of aromatic amines is 1. The number of fused-ring (bicyclic) bond motifs is 1. The SMILES string of the molecule is Cc1cc(C)c(NCC(=O)N=Nc2c(O)[nH]c3ccc(F)cc23)c(C)c1. The highest BCUT2D eigenvalue weighted by Gasteiger charge is 2.12. The molecule has 1 amide bonds. The van der Waals surface area contributed by atoms with Gasteiger partial charge >= 0.3 is 0 Å². The summed E-state index contributed by atoms with van der Waals surface area (Å²) in [6.45, 7) is 5.91. The third-order valence-electron chi connectivity index (χ3n) is 4.07. The fourth-order valence-electron chi connectivity index (χ4n) is 3.00. The normalized spacial score (nSPS) is 11.4. The topological polar surface area (TPSA) is 89.8 Å². The third kappa shape index (κ3) is 3.56. The maximum Gasteiger partial charge on any atom is 0.283 e. The van der Waals surface area contributed by atoms with Crippen LogP contribution in [-0.2, 0) is 4.79 Å². The van der Waals surface area contributed by atoms with Gasteiger partial charge in [0, 0.05) is 11.1 Å². The van der Waals surface area contributed by atoms with Gasteiger partial charge in [-0.1, -0.05) is 17.7 Å². The first-order valence-corrected chi connectivity index (χ1v) is 8.11. The van der Waals surface area contributed by atoms with Crippen LogP contribution < -0.4 is 5.32 Å². The quantitative estimate of drug-likeness (QED) is 0.595. The van der Waals surface area contributed by atoms with E-state index in [1.165, 1.54) is 18.2 Å². The van der Waals surface area contributed by atoms with Crippen LogP contribution in [0.3, 0.4) is 0 Å². The van der Waals surface area contributed by atoms with Crippen molar-refractivity contribution in [3.63, 3.8) is 0 Å². The molecular weight excluding hydrogens is 335 g/mol. The lowest BCUT2D eigenvalue weighted by molar-refractivity contribution is -0.116. The van der Waals surface area contributed by atoms with Gasteiger partial charge in [0.1, 0.15) is 5.82 Å². The molecule has 0 atom stereocenters. The summed E-state index contributed by atoms with van der Waals surface area (Å²) in [6.07, 6.45) is 0. The van der Waals surface area contributed by atoms with Crippen LogP contribution in [0.25, 0.3) is 10.9 Å². The Labute approximate surface area is 149 Å². The molecule has 0 aliphatic rings. The molecule has 1 aromatic heterocycles. The number of azo groups is 1. The van der Waals surface area contributed by atoms with Gasteiger partial charge in [0.05, 0.1) is 12.1 Å². The molecule has 3 aromatic rings. The molecule has 3 N–H and O–H groups in total. The largest absolute Gasteiger partial charge is 0.493 e. The lowest BCUT2D eigenvalue weighted by Gasteiger charge is -2.12. The third-order valence-corrected chi connectivity index (χ3v) is 4.07. The second-order valence-electron chi connectivity index (χ2n) is 6.23. The van der Waals surface area contributed by atoms with Gasteiger partial charge in [-0.2, -0.15) is 0 Å². The molecule has 2 aromatic carbocycles. The van der Waals surface area contributed by atoms with Gasteiger partial charge in [0.15, 0.2) is 5.69 Å². The highest BCUT2D eigenvalue weighted by molar-refractivity contribution is 5.94. The van der Waals surface area contributed by atoms with Crippen molar-refractivity contribution in [3.05, 3.63) is 52.8 Å². The smallest absolute Gasteiger partial charge is 0.283 e. The van der Waals surface area contributed by atoms with Crippen LogP contribution in [0.15, 0.2) is 40.6 Å². The number of anilines is 1. The number of halogens is 1. The Morgan fingerprint density at radius 3 is 2.58 bits per heavy atom. The van der Waals surface area contributed by atoms with Crippen molar-refractivity contribution < 1.29 is 14.3 Å². The summed E-state index contributed by atoms with van der Waals surface area (Å²) < 4.78 is 13.4. The molecule has 0 bridgehead atoms. The number of benzene rings is 2. The van der Waals surface area contributed by atoms with Crippen molar-refractivity contribution in [1.29, 1.82) is 0 Å². The average molecular weight is 354 g/mol. The Morgan fingerprint density at radius 2 is 1.88 bits per heavy atom. The summed E-state index contributed by atoms with van der Waals surface area (Å²) in [6, 6.07) is 8.03. The van der Waals surface area contributed by atoms with Crippen LogP contribution in [0.4, 0.5) is 15.8 Å². The van der Waals surface area contributed by atoms with E-state index in [-0.39, 0.29) is 18.1 Å². The number of aryl methyl sites for hydroxylation is 3. The molecule has 7 heteroatoms. The second kappa shape index (κ2) is 6.95. The zero-order valence-electron chi connectivity index (χ0n) is 14.7. The van der Waals surface area contributed by atoms with E-state index in [4.69, 9.17) is 0 Å². The minimum atomic E-state index is -0.505. The van der Waals surface area contributed by atoms with Gasteiger partial charge in [0.25, 0.3) is 5.91 Å². The Morgan fingerprint density at radius 1 is 1.19 bits per heavy atom. The number of H-pyrrole nitrogens is 1. The van der Waals surface area contributed by atoms with Crippen LogP contribution in [0.2, 0.25) is 0 Å². The first-order chi connectivity index (χ1) is 12.3. The Hall–Kier alpha value is -3.22. The first kappa shape index (κ1) is 17.6. The van der Waals surface area contributed by atoms with Gasteiger partial charge in [-0.15, -0.1) is 10.2 Å². The zero-order valence-corrected chi connectivity index (χ0v) is 14.7. The van der Waals surface area contributed by atoms with Crippen molar-refractivity contribution in [1.82, 2.24) is 4.98 Å². The number of amides is 1. The number of carbonyl (C=O) groups excluding carboxylic acids is 1. The van der Waals surface area contributed by atoms with E-state index in [0.29, 0.717) is 10.9 Å². The van der Waals surface area contributed by atoms with Gasteiger partial charge in [-0.25, -0.2) is 4.39 Å². The standard InChI is InChI=1S/C19H19FN4O2/c1-10-6-11(2)17(12(3)7-10)21-9-16(25)23-24-18-14-8-13(20)4-5-15(14)22-19(18)26/h4-8,21-22,26H,9H2,1-3H3. The molecule has 6 nitrogen and oxygen atoms in total. The van der Waals surface area contributed by atoms with Crippen molar-refractivity contribution >= 4 is 28.2 Å². The number of carbonyl (C=O) groups is 1. The second-order valence-corrected chi connectivity index (χ2v) is 6.23. The van der Waals surface area contributed by atoms with E-state index >= 15 is 0 Å². The first-order valence-electron chi connectivity index (χ1n) is 8.11. The molecule has 0 aliphatic carbocycles. The lowest BCUT2D eigenvalue weighted by atomic mass is 10.1. The summed E-state index contributed by atoms with van der Waals surface area (Å²) in [5.41, 5.74) is 4.66. The molecule has 26 heavy (non-hydrogen) atoms. The molecular formula is C19H19FN4O2. The summed E-state index contributed by atoms with van der Waals surface area (Å²) >= 11 is 0. The number of nitrogens with zero attached hydrogens (tertiary/aromatic N) is 2. The molecule has 0 fully saturated rings. The number of nitrogens with one attached hydrogen (secondary N) is 2. The number of rotatable bonds is 4. The molecule has 0 saturated heterocycles. The molecule has 0 saturated carbocycles. The fourth-order valence-corrected chi connectivity index (χ4v) is 3.00. The van der Waals surface area contributed by atoms with E-state index in [0.717, 1.165) is 22.4 Å². The highest BCUT2D eigenvalue weighted by atomic mass is 19.1. The number of hydrogen-bond acceptors (Lipinski definition) is 4. The highest BCUT2D eigenvalue weighted by Crippen LogP contribution is 2.35. The maximum atomic E-state index is 13.4. The average Bonchev–Trinajstić information content (AvgIpc) is 2.86. The zero-order chi connectivity index (χ0) is 18.8. The van der Waals surface area contributed by atoms with Gasteiger partial charge in [-0.05, 0) is 50.1 Å². The summed E-state index contributed by atoms with van der Waals surface area (Å²) in [5.74, 6) is -1.24. The Bertz CT molecular complexity index is 1000. The van der Waals surface area contributed by atoms with E-state index in [1.54, 1.807) is 0 Å². The Balaban J connectivity index is 1.75. The van der Waals surface area contributed by atoms with Gasteiger partial charge < -0.3 is 15.4 Å². The van der Waals surface area contributed by atoms with Gasteiger partial charge in [-0.3, -0.25) is 4.79 Å². The molecule has 0 unspecified atom stereocenters. The number of aromatic nitrogens is 1. The molecule has 0 spiro atoms. The van der Waals surface area contributed by atoms with Crippen molar-refractivity contribution in [2.24, 2.45) is 10.2 Å². The van der Waals surface area contributed by atoms with Gasteiger partial charge in [0.2, 0.25) is 5.88 Å². The fraction of sp³-hybridized carbons (Fsp3) is 0.211. The van der Waals surface area contributed by atoms with E-state index in [9.17, 15) is 14.3 Å². The predicted molar refractivity (Wildman–Crippen MR) is 98.6 cm³/mol. The summed E-state index contributed by atoms with van der Waals surface area (Å²) in [5, 5.41) is 20.7. The summed E-state index contributed by atoms with van der Waals surface area (Å²) in [4.78, 5) is 14.7. The summed E-state index contributed by atoms with van der Waals surface area (Å²) in [7, 11) is 0. The molecule has 1 heterocycles. The van der Waals surface area contributed by atoms with Crippen LogP contribution >= 0.6 is 0 Å². The van der Waals surface area contributed by atoms with Crippen molar-refractivity contribution in [3.8, 4) is 5.88 Å². The van der Waals surface area contributed by atoms with E-state index in [2.05, 4.69) is 20.5 Å². The Kier molecular flexibility index (Phi) is 4.71. The monoisotopic (exact) mass is 354 g/mol. The number of hydrogen-bond donors (Lipinski definition) is 3. The van der Waals surface area contributed by atoms with E-state index in [1.807, 2.05) is 32.9 Å². The molecule has 134 valence electrons. The minimum absolute atomic E-state index is 0.0360. The van der Waals surface area contributed by atoms with Crippen LogP contribution in [0.5, 0.6) is 5.88 Å². The number of aromatic hydroxyl groups is 1. The predicted octanol–water partition coefficient (Wildman–Crippen LogP) is 4.66. The van der Waals surface area contributed by atoms with Crippen LogP contribution in [0.1, 0.15) is 16.7 Å². The molecule has 0 radical (unpaired) electrons. The van der Waals surface area contributed by atoms with E-state index < -0.39 is 11.7 Å². The lowest BCUT2D eigenvalue weighted by Crippen LogP contribution is -2.12. The van der Waals surface area contributed by atoms with Crippen molar-refractivity contribution in [2.45, 2.75) is 20.8 Å².